The Morgan fingerprint density at radius 2 is 1.94 bits per heavy atom. The molecule has 3 nitrogen and oxygen atoms in total. The molecule has 1 amide bonds. The fourth-order valence-corrected chi connectivity index (χ4v) is 2.42. The first-order valence-electron chi connectivity index (χ1n) is 6.79. The molecule has 0 heterocycles. The van der Waals surface area contributed by atoms with Crippen LogP contribution in [0.5, 0.6) is 0 Å². The predicted octanol–water partition coefficient (Wildman–Crippen LogP) is 2.02. The van der Waals surface area contributed by atoms with Crippen molar-refractivity contribution in [2.45, 2.75) is 46.0 Å². The van der Waals surface area contributed by atoms with Gasteiger partial charge >= 0.3 is 0 Å². The molecule has 0 unspecified atom stereocenters. The van der Waals surface area contributed by atoms with Crippen molar-refractivity contribution in [3.05, 3.63) is 0 Å². The van der Waals surface area contributed by atoms with Gasteiger partial charge in [-0.05, 0) is 26.3 Å². The Labute approximate surface area is 99.6 Å². The van der Waals surface area contributed by atoms with Crippen LogP contribution in [0.1, 0.15) is 46.0 Å². The average molecular weight is 226 g/mol. The van der Waals surface area contributed by atoms with E-state index in [9.17, 15) is 4.79 Å². The maximum absolute atomic E-state index is 12.2. The fourth-order valence-electron chi connectivity index (χ4n) is 2.42. The van der Waals surface area contributed by atoms with E-state index in [1.165, 1.54) is 19.3 Å². The normalized spacial score (nSPS) is 17.4. The standard InChI is InChI=1S/C13H26N2O/c1-3-14-10-11-15(4-2)13(16)12-8-6-5-7-9-12/h12,14H,3-11H2,1-2H3. The van der Waals surface area contributed by atoms with E-state index in [2.05, 4.69) is 19.2 Å². The Morgan fingerprint density at radius 3 is 2.50 bits per heavy atom. The monoisotopic (exact) mass is 226 g/mol. The summed E-state index contributed by atoms with van der Waals surface area (Å²) in [6, 6.07) is 0. The Kier molecular flexibility index (Phi) is 6.46. The smallest absolute Gasteiger partial charge is 0.225 e. The van der Waals surface area contributed by atoms with Crippen molar-refractivity contribution in [1.82, 2.24) is 10.2 Å². The van der Waals surface area contributed by atoms with Crippen LogP contribution in [0.4, 0.5) is 0 Å². The van der Waals surface area contributed by atoms with Gasteiger partial charge in [0.1, 0.15) is 0 Å². The number of likely N-dealkylation sites (N-methyl/N-ethyl adjacent to an activating group) is 2. The number of hydrogen-bond acceptors (Lipinski definition) is 2. The quantitative estimate of drug-likeness (QED) is 0.703. The average Bonchev–Trinajstić information content (AvgIpc) is 2.35. The summed E-state index contributed by atoms with van der Waals surface area (Å²) < 4.78 is 0. The minimum atomic E-state index is 0.315. The second-order valence-electron chi connectivity index (χ2n) is 4.61. The first-order valence-corrected chi connectivity index (χ1v) is 6.79. The van der Waals surface area contributed by atoms with Gasteiger partial charge < -0.3 is 10.2 Å². The molecule has 0 aliphatic heterocycles. The lowest BCUT2D eigenvalue weighted by Crippen LogP contribution is -2.40. The summed E-state index contributed by atoms with van der Waals surface area (Å²) >= 11 is 0. The number of hydrogen-bond donors (Lipinski definition) is 1. The molecule has 3 heteroatoms. The lowest BCUT2D eigenvalue weighted by Gasteiger charge is -2.28. The van der Waals surface area contributed by atoms with Gasteiger partial charge in [0.2, 0.25) is 5.91 Å². The maximum Gasteiger partial charge on any atom is 0.225 e. The van der Waals surface area contributed by atoms with Crippen molar-refractivity contribution >= 4 is 5.91 Å². The third-order valence-corrected chi connectivity index (χ3v) is 3.46. The van der Waals surface area contributed by atoms with Crippen molar-refractivity contribution in [3.8, 4) is 0 Å². The molecule has 94 valence electrons. The summed E-state index contributed by atoms with van der Waals surface area (Å²) in [7, 11) is 0. The van der Waals surface area contributed by atoms with E-state index in [-0.39, 0.29) is 0 Å². The molecular formula is C13H26N2O. The Bertz CT molecular complexity index is 200. The summed E-state index contributed by atoms with van der Waals surface area (Å²) in [4.78, 5) is 14.2. The van der Waals surface area contributed by atoms with E-state index >= 15 is 0 Å². The number of amides is 1. The molecule has 0 aromatic rings. The molecule has 16 heavy (non-hydrogen) atoms. The zero-order chi connectivity index (χ0) is 11.8. The van der Waals surface area contributed by atoms with Crippen LogP contribution in [0, 0.1) is 5.92 Å². The summed E-state index contributed by atoms with van der Waals surface area (Å²) in [5.41, 5.74) is 0. The first kappa shape index (κ1) is 13.5. The number of nitrogens with zero attached hydrogens (tertiary/aromatic N) is 1. The molecule has 0 bridgehead atoms. The molecule has 0 saturated heterocycles. The lowest BCUT2D eigenvalue weighted by atomic mass is 9.88. The van der Waals surface area contributed by atoms with E-state index in [1.807, 2.05) is 4.90 Å². The third kappa shape index (κ3) is 4.12. The molecule has 1 rings (SSSR count). The lowest BCUT2D eigenvalue weighted by molar-refractivity contribution is -0.136. The van der Waals surface area contributed by atoms with Crippen molar-refractivity contribution < 1.29 is 4.79 Å². The van der Waals surface area contributed by atoms with E-state index < -0.39 is 0 Å². The SMILES string of the molecule is CCNCCN(CC)C(=O)C1CCCCC1. The van der Waals surface area contributed by atoms with Gasteiger partial charge in [0.05, 0.1) is 0 Å². The molecule has 1 N–H and O–H groups in total. The van der Waals surface area contributed by atoms with Crippen molar-refractivity contribution in [1.29, 1.82) is 0 Å². The van der Waals surface area contributed by atoms with E-state index in [1.54, 1.807) is 0 Å². The number of nitrogens with one attached hydrogen (secondary N) is 1. The van der Waals surface area contributed by atoms with Gasteiger partial charge in [-0.1, -0.05) is 26.2 Å². The molecule has 0 atom stereocenters. The zero-order valence-electron chi connectivity index (χ0n) is 10.8. The van der Waals surface area contributed by atoms with Gasteiger partial charge in [0.25, 0.3) is 0 Å². The van der Waals surface area contributed by atoms with Crippen molar-refractivity contribution in [2.75, 3.05) is 26.2 Å². The Hall–Kier alpha value is -0.570. The minimum absolute atomic E-state index is 0.315. The van der Waals surface area contributed by atoms with E-state index in [0.29, 0.717) is 11.8 Å². The van der Waals surface area contributed by atoms with Crippen LogP contribution >= 0.6 is 0 Å². The van der Waals surface area contributed by atoms with Crippen molar-refractivity contribution in [2.24, 2.45) is 5.92 Å². The topological polar surface area (TPSA) is 32.3 Å². The molecule has 1 aliphatic carbocycles. The Balaban J connectivity index is 2.35. The van der Waals surface area contributed by atoms with Gasteiger partial charge in [-0.15, -0.1) is 0 Å². The number of carbonyl (C=O) groups excluding carboxylic acids is 1. The first-order chi connectivity index (χ1) is 7.79. The van der Waals surface area contributed by atoms with Gasteiger partial charge in [0.15, 0.2) is 0 Å². The van der Waals surface area contributed by atoms with Gasteiger partial charge in [-0.3, -0.25) is 4.79 Å². The highest BCUT2D eigenvalue weighted by molar-refractivity contribution is 5.78. The van der Waals surface area contributed by atoms with Gasteiger partial charge in [-0.25, -0.2) is 0 Å². The van der Waals surface area contributed by atoms with Gasteiger partial charge in [-0.2, -0.15) is 0 Å². The van der Waals surface area contributed by atoms with Crippen LogP contribution < -0.4 is 5.32 Å². The summed E-state index contributed by atoms with van der Waals surface area (Å²) in [6.45, 7) is 7.78. The molecule has 0 aromatic carbocycles. The molecule has 1 aliphatic rings. The largest absolute Gasteiger partial charge is 0.341 e. The summed E-state index contributed by atoms with van der Waals surface area (Å²) in [5, 5.41) is 3.28. The maximum atomic E-state index is 12.2. The van der Waals surface area contributed by atoms with Crippen LogP contribution in [-0.2, 0) is 4.79 Å². The second kappa shape index (κ2) is 7.66. The van der Waals surface area contributed by atoms with Crippen LogP contribution in [0.25, 0.3) is 0 Å². The highest BCUT2D eigenvalue weighted by Gasteiger charge is 2.24. The molecule has 1 saturated carbocycles. The van der Waals surface area contributed by atoms with Crippen LogP contribution in [-0.4, -0.2) is 37.0 Å². The molecular weight excluding hydrogens is 200 g/mol. The van der Waals surface area contributed by atoms with Gasteiger partial charge in [0, 0.05) is 25.6 Å². The van der Waals surface area contributed by atoms with Crippen molar-refractivity contribution in [3.63, 3.8) is 0 Å². The zero-order valence-corrected chi connectivity index (χ0v) is 10.8. The Morgan fingerprint density at radius 1 is 1.25 bits per heavy atom. The molecule has 1 fully saturated rings. The van der Waals surface area contributed by atoms with E-state index in [0.717, 1.165) is 39.0 Å². The third-order valence-electron chi connectivity index (χ3n) is 3.46. The minimum Gasteiger partial charge on any atom is -0.341 e. The van der Waals surface area contributed by atoms with Crippen LogP contribution in [0.2, 0.25) is 0 Å². The predicted molar refractivity (Wildman–Crippen MR) is 67.4 cm³/mol. The fraction of sp³-hybridized carbons (Fsp3) is 0.923. The number of rotatable bonds is 6. The number of carbonyl (C=O) groups is 1. The summed E-state index contributed by atoms with van der Waals surface area (Å²) in [5.74, 6) is 0.704. The summed E-state index contributed by atoms with van der Waals surface area (Å²) in [6.07, 6.45) is 6.00. The molecule has 0 radical (unpaired) electrons. The molecule has 0 spiro atoms. The second-order valence-corrected chi connectivity index (χ2v) is 4.61. The van der Waals surface area contributed by atoms with Crippen LogP contribution in [0.3, 0.4) is 0 Å². The molecule has 0 aromatic heterocycles. The highest BCUT2D eigenvalue weighted by atomic mass is 16.2. The van der Waals surface area contributed by atoms with E-state index in [4.69, 9.17) is 0 Å². The highest BCUT2D eigenvalue weighted by Crippen LogP contribution is 2.25. The van der Waals surface area contributed by atoms with Crippen LogP contribution in [0.15, 0.2) is 0 Å².